The zero-order valence-corrected chi connectivity index (χ0v) is 14.5. The highest BCUT2D eigenvalue weighted by atomic mass is 32.2. The van der Waals surface area contributed by atoms with Crippen LogP contribution < -0.4 is 11.1 Å². The van der Waals surface area contributed by atoms with Gasteiger partial charge in [-0.25, -0.2) is 0 Å². The van der Waals surface area contributed by atoms with Gasteiger partial charge in [-0.15, -0.1) is 0 Å². The molecule has 124 valence electrons. The second kappa shape index (κ2) is 6.79. The Kier molecular flexibility index (Phi) is 4.73. The standard InChI is InChI=1S/C19H20N2O2S/c1-11-4-3-5-13(8-11)15-7-6-14(9-12(15)2)16(10-20)17-18(22)21-19(23)24-17/h3-9,16-17H,10,20H2,1-2H3,(H,21,22,23). The smallest absolute Gasteiger partial charge is 0.286 e. The molecule has 2 atom stereocenters. The van der Waals surface area contributed by atoms with E-state index in [1.165, 1.54) is 11.1 Å². The van der Waals surface area contributed by atoms with Gasteiger partial charge in [-0.1, -0.05) is 59.8 Å². The summed E-state index contributed by atoms with van der Waals surface area (Å²) in [6.45, 7) is 4.45. The Bertz CT molecular complexity index is 804. The molecule has 4 nitrogen and oxygen atoms in total. The van der Waals surface area contributed by atoms with E-state index in [0.717, 1.165) is 28.5 Å². The molecule has 5 heteroatoms. The molecule has 2 unspecified atom stereocenters. The maximum atomic E-state index is 12.0. The Labute approximate surface area is 145 Å². The molecule has 3 N–H and O–H groups in total. The van der Waals surface area contributed by atoms with Gasteiger partial charge in [0.25, 0.3) is 5.24 Å². The molecule has 1 saturated heterocycles. The predicted molar refractivity (Wildman–Crippen MR) is 98.1 cm³/mol. The van der Waals surface area contributed by atoms with Crippen molar-refractivity contribution in [2.45, 2.75) is 25.0 Å². The molecule has 1 fully saturated rings. The molecular weight excluding hydrogens is 320 g/mol. The van der Waals surface area contributed by atoms with Crippen LogP contribution in [0.3, 0.4) is 0 Å². The summed E-state index contributed by atoms with van der Waals surface area (Å²) in [5, 5.41) is 1.59. The van der Waals surface area contributed by atoms with Gasteiger partial charge in [0.05, 0.1) is 0 Å². The van der Waals surface area contributed by atoms with Crippen LogP contribution in [0, 0.1) is 13.8 Å². The first-order valence-corrected chi connectivity index (χ1v) is 8.76. The highest BCUT2D eigenvalue weighted by Gasteiger charge is 2.38. The molecule has 3 rings (SSSR count). The molecule has 1 aliphatic rings. The number of imide groups is 1. The topological polar surface area (TPSA) is 72.2 Å². The van der Waals surface area contributed by atoms with E-state index in [4.69, 9.17) is 5.73 Å². The molecule has 0 bridgehead atoms. The second-order valence-electron chi connectivity index (χ2n) is 6.10. The largest absolute Gasteiger partial charge is 0.330 e. The number of hydrogen-bond donors (Lipinski definition) is 2. The van der Waals surface area contributed by atoms with Gasteiger partial charge in [-0.3, -0.25) is 14.9 Å². The Morgan fingerprint density at radius 2 is 1.96 bits per heavy atom. The molecule has 0 aliphatic carbocycles. The lowest BCUT2D eigenvalue weighted by Crippen LogP contribution is -2.32. The summed E-state index contributed by atoms with van der Waals surface area (Å²) in [7, 11) is 0. The molecule has 0 spiro atoms. The summed E-state index contributed by atoms with van der Waals surface area (Å²) in [5.74, 6) is -0.424. The SMILES string of the molecule is Cc1cccc(-c2ccc(C(CN)C3SC(=O)NC3=O)cc2C)c1. The van der Waals surface area contributed by atoms with Crippen LogP contribution in [0.2, 0.25) is 0 Å². The van der Waals surface area contributed by atoms with E-state index in [-0.39, 0.29) is 17.1 Å². The van der Waals surface area contributed by atoms with E-state index in [9.17, 15) is 9.59 Å². The Morgan fingerprint density at radius 3 is 2.54 bits per heavy atom. The number of carbonyl (C=O) groups is 2. The third kappa shape index (κ3) is 3.23. The Morgan fingerprint density at radius 1 is 1.17 bits per heavy atom. The molecule has 1 aliphatic heterocycles. The minimum atomic E-state index is -0.452. The number of aryl methyl sites for hydroxylation is 2. The summed E-state index contributed by atoms with van der Waals surface area (Å²) >= 11 is 1.03. The number of rotatable bonds is 4. The van der Waals surface area contributed by atoms with Gasteiger partial charge < -0.3 is 5.73 Å². The number of hydrogen-bond acceptors (Lipinski definition) is 4. The summed E-state index contributed by atoms with van der Waals surface area (Å²) in [6, 6.07) is 14.5. The summed E-state index contributed by atoms with van der Waals surface area (Å²) in [4.78, 5) is 23.4. The third-order valence-electron chi connectivity index (χ3n) is 4.34. The highest BCUT2D eigenvalue weighted by Crippen LogP contribution is 2.34. The maximum absolute atomic E-state index is 12.0. The van der Waals surface area contributed by atoms with Crippen LogP contribution in [0.5, 0.6) is 0 Å². The molecule has 24 heavy (non-hydrogen) atoms. The van der Waals surface area contributed by atoms with Crippen LogP contribution >= 0.6 is 11.8 Å². The summed E-state index contributed by atoms with van der Waals surface area (Å²) < 4.78 is 0. The number of benzene rings is 2. The van der Waals surface area contributed by atoms with Gasteiger partial charge >= 0.3 is 0 Å². The molecule has 0 saturated carbocycles. The van der Waals surface area contributed by atoms with Gasteiger partial charge in [0.1, 0.15) is 5.25 Å². The molecule has 0 aromatic heterocycles. The zero-order valence-electron chi connectivity index (χ0n) is 13.7. The number of thioether (sulfide) groups is 1. The number of nitrogens with two attached hydrogens (primary N) is 1. The molecule has 2 aromatic carbocycles. The molecule has 2 amide bonds. The number of amides is 2. The van der Waals surface area contributed by atoms with E-state index in [2.05, 4.69) is 49.5 Å². The summed E-state index contributed by atoms with van der Waals surface area (Å²) in [6.07, 6.45) is 0. The summed E-state index contributed by atoms with van der Waals surface area (Å²) in [5.41, 5.74) is 11.6. The van der Waals surface area contributed by atoms with Crippen LogP contribution in [0.4, 0.5) is 4.79 Å². The fourth-order valence-electron chi connectivity index (χ4n) is 3.12. The van der Waals surface area contributed by atoms with Crippen LogP contribution in [-0.4, -0.2) is 22.9 Å². The van der Waals surface area contributed by atoms with Crippen molar-refractivity contribution in [1.29, 1.82) is 0 Å². The van der Waals surface area contributed by atoms with Gasteiger partial charge in [-0.05, 0) is 36.1 Å². The van der Waals surface area contributed by atoms with E-state index >= 15 is 0 Å². The minimum absolute atomic E-state index is 0.174. The first-order valence-electron chi connectivity index (χ1n) is 7.88. The quantitative estimate of drug-likeness (QED) is 0.895. The van der Waals surface area contributed by atoms with E-state index in [1.54, 1.807) is 0 Å². The fourth-order valence-corrected chi connectivity index (χ4v) is 4.11. The van der Waals surface area contributed by atoms with Gasteiger partial charge in [-0.2, -0.15) is 0 Å². The van der Waals surface area contributed by atoms with Crippen molar-refractivity contribution in [3.8, 4) is 11.1 Å². The third-order valence-corrected chi connectivity index (χ3v) is 5.46. The van der Waals surface area contributed by atoms with E-state index < -0.39 is 5.25 Å². The Balaban J connectivity index is 1.93. The van der Waals surface area contributed by atoms with E-state index in [1.807, 2.05) is 12.1 Å². The molecule has 2 aromatic rings. The monoisotopic (exact) mass is 340 g/mol. The lowest BCUT2D eigenvalue weighted by Gasteiger charge is -2.20. The number of carbonyl (C=O) groups excluding carboxylic acids is 2. The predicted octanol–water partition coefficient (Wildman–Crippen LogP) is 3.36. The molecule has 1 heterocycles. The van der Waals surface area contributed by atoms with Crippen LogP contribution in [0.15, 0.2) is 42.5 Å². The van der Waals surface area contributed by atoms with Gasteiger partial charge in [0.15, 0.2) is 0 Å². The normalized spacial score (nSPS) is 18.5. The fraction of sp³-hybridized carbons (Fsp3) is 0.263. The number of nitrogens with one attached hydrogen (secondary N) is 1. The van der Waals surface area contributed by atoms with Crippen LogP contribution in [-0.2, 0) is 4.79 Å². The van der Waals surface area contributed by atoms with Crippen molar-refractivity contribution in [3.63, 3.8) is 0 Å². The molecule has 0 radical (unpaired) electrons. The van der Waals surface area contributed by atoms with Gasteiger partial charge in [0, 0.05) is 12.5 Å². The maximum Gasteiger partial charge on any atom is 0.286 e. The van der Waals surface area contributed by atoms with Crippen molar-refractivity contribution in [1.82, 2.24) is 5.32 Å². The van der Waals surface area contributed by atoms with Crippen molar-refractivity contribution in [2.75, 3.05) is 6.54 Å². The van der Waals surface area contributed by atoms with Crippen molar-refractivity contribution in [3.05, 3.63) is 59.2 Å². The molecular formula is C19H20N2O2S. The average Bonchev–Trinajstić information content (AvgIpc) is 2.87. The van der Waals surface area contributed by atoms with Crippen molar-refractivity contribution in [2.24, 2.45) is 5.73 Å². The minimum Gasteiger partial charge on any atom is -0.330 e. The van der Waals surface area contributed by atoms with E-state index in [0.29, 0.717) is 6.54 Å². The highest BCUT2D eigenvalue weighted by molar-refractivity contribution is 8.15. The lowest BCUT2D eigenvalue weighted by molar-refractivity contribution is -0.119. The lowest BCUT2D eigenvalue weighted by atomic mass is 9.90. The van der Waals surface area contributed by atoms with Crippen molar-refractivity contribution >= 4 is 22.9 Å². The van der Waals surface area contributed by atoms with Crippen LogP contribution in [0.25, 0.3) is 11.1 Å². The van der Waals surface area contributed by atoms with Gasteiger partial charge in [0.2, 0.25) is 5.91 Å². The average molecular weight is 340 g/mol. The first kappa shape index (κ1) is 16.7. The van der Waals surface area contributed by atoms with Crippen molar-refractivity contribution < 1.29 is 9.59 Å². The second-order valence-corrected chi connectivity index (χ2v) is 7.22. The zero-order chi connectivity index (χ0) is 17.3. The first-order chi connectivity index (χ1) is 11.5. The van der Waals surface area contributed by atoms with Crippen LogP contribution in [0.1, 0.15) is 22.6 Å². The Hall–Kier alpha value is -2.11.